The van der Waals surface area contributed by atoms with Crippen LogP contribution in [0.25, 0.3) is 6.08 Å². The maximum Gasteiger partial charge on any atom is 0.137 e. The van der Waals surface area contributed by atoms with Crippen molar-refractivity contribution in [3.8, 4) is 0 Å². The van der Waals surface area contributed by atoms with Crippen molar-refractivity contribution in [2.24, 2.45) is 0 Å². The van der Waals surface area contributed by atoms with Gasteiger partial charge in [0.1, 0.15) is 23.0 Å². The summed E-state index contributed by atoms with van der Waals surface area (Å²) in [5.41, 5.74) is 6.78. The number of rotatable bonds is 2. The molecule has 1 atom stereocenters. The molecule has 0 fully saturated rings. The van der Waals surface area contributed by atoms with Crippen LogP contribution in [0.15, 0.2) is 59.3 Å². The molecule has 130 valence electrons. The van der Waals surface area contributed by atoms with Crippen molar-refractivity contribution < 1.29 is 4.39 Å². The van der Waals surface area contributed by atoms with Gasteiger partial charge in [0.25, 0.3) is 0 Å². The van der Waals surface area contributed by atoms with Crippen LogP contribution in [0.2, 0.25) is 5.02 Å². The first kappa shape index (κ1) is 17.0. The highest BCUT2D eigenvalue weighted by Crippen LogP contribution is 2.42. The van der Waals surface area contributed by atoms with E-state index in [1.54, 1.807) is 18.5 Å². The fourth-order valence-electron chi connectivity index (χ4n) is 3.04. The van der Waals surface area contributed by atoms with Crippen molar-refractivity contribution in [3.63, 3.8) is 0 Å². The zero-order valence-electron chi connectivity index (χ0n) is 13.4. The minimum atomic E-state index is -1.03. The summed E-state index contributed by atoms with van der Waals surface area (Å²) in [4.78, 5) is 8.60. The molecule has 1 aromatic carbocycles. The Labute approximate surface area is 163 Å². The van der Waals surface area contributed by atoms with Crippen molar-refractivity contribution in [2.75, 3.05) is 11.1 Å². The third-order valence-electron chi connectivity index (χ3n) is 4.35. The first-order valence-corrected chi connectivity index (χ1v) is 8.96. The summed E-state index contributed by atoms with van der Waals surface area (Å²) in [6.45, 7) is 0. The van der Waals surface area contributed by atoms with Gasteiger partial charge < -0.3 is 11.1 Å². The highest BCUT2D eigenvalue weighted by atomic mass is 79.9. The maximum absolute atomic E-state index is 14.8. The normalized spacial score (nSPS) is 18.3. The van der Waals surface area contributed by atoms with E-state index in [-0.39, 0.29) is 5.82 Å². The Hall–Kier alpha value is -2.44. The highest BCUT2D eigenvalue weighted by Gasteiger charge is 2.38. The first-order chi connectivity index (χ1) is 12.5. The van der Waals surface area contributed by atoms with Crippen LogP contribution in [-0.2, 0) is 5.54 Å². The van der Waals surface area contributed by atoms with Gasteiger partial charge in [-0.2, -0.15) is 0 Å². The van der Waals surface area contributed by atoms with Gasteiger partial charge in [0.15, 0.2) is 0 Å². The number of anilines is 2. The summed E-state index contributed by atoms with van der Waals surface area (Å²) in [6.07, 6.45) is 7.09. The summed E-state index contributed by atoms with van der Waals surface area (Å²) >= 11 is 9.56. The molecule has 1 aliphatic heterocycles. The standard InChI is InChI=1S/C19H13BrClFN4/c20-15-8-12(10-25-17(15)23)19(14-9-13(21)3-4-16(14)22)6-5-11-2-1-7-24-18(11)26-19/h1-10H,(H2,23,25)(H,24,26). The molecule has 1 unspecified atom stereocenters. The Balaban J connectivity index is 1.99. The van der Waals surface area contributed by atoms with Crippen LogP contribution in [0.3, 0.4) is 0 Å². The van der Waals surface area contributed by atoms with Crippen molar-refractivity contribution in [1.29, 1.82) is 0 Å². The summed E-state index contributed by atoms with van der Waals surface area (Å²) < 4.78 is 15.5. The lowest BCUT2D eigenvalue weighted by molar-refractivity contribution is 0.578. The van der Waals surface area contributed by atoms with Gasteiger partial charge in [-0.1, -0.05) is 17.7 Å². The zero-order valence-corrected chi connectivity index (χ0v) is 15.7. The molecule has 0 radical (unpaired) electrons. The Morgan fingerprint density at radius 2 is 2.04 bits per heavy atom. The summed E-state index contributed by atoms with van der Waals surface area (Å²) in [6, 6.07) is 10.1. The molecule has 0 aliphatic carbocycles. The first-order valence-electron chi connectivity index (χ1n) is 7.79. The van der Waals surface area contributed by atoms with E-state index < -0.39 is 5.54 Å². The van der Waals surface area contributed by atoms with Crippen LogP contribution in [0, 0.1) is 5.82 Å². The van der Waals surface area contributed by atoms with Gasteiger partial charge in [0.2, 0.25) is 0 Å². The second-order valence-corrected chi connectivity index (χ2v) is 7.21. The number of hydrogen-bond donors (Lipinski definition) is 2. The van der Waals surface area contributed by atoms with E-state index in [4.69, 9.17) is 17.3 Å². The van der Waals surface area contributed by atoms with Crippen LogP contribution in [0.5, 0.6) is 0 Å². The van der Waals surface area contributed by atoms with Crippen LogP contribution in [-0.4, -0.2) is 9.97 Å². The van der Waals surface area contributed by atoms with E-state index in [2.05, 4.69) is 31.2 Å². The Kier molecular flexibility index (Phi) is 4.17. The summed E-state index contributed by atoms with van der Waals surface area (Å²) in [5.74, 6) is 0.606. The molecule has 0 saturated carbocycles. The van der Waals surface area contributed by atoms with Gasteiger partial charge in [-0.15, -0.1) is 0 Å². The number of nitrogen functional groups attached to an aromatic ring is 1. The Morgan fingerprint density at radius 1 is 1.19 bits per heavy atom. The third-order valence-corrected chi connectivity index (χ3v) is 5.22. The average Bonchev–Trinajstić information content (AvgIpc) is 2.65. The molecule has 0 spiro atoms. The van der Waals surface area contributed by atoms with Gasteiger partial charge in [0.05, 0.1) is 4.47 Å². The van der Waals surface area contributed by atoms with Crippen LogP contribution in [0.1, 0.15) is 16.7 Å². The van der Waals surface area contributed by atoms with E-state index in [9.17, 15) is 4.39 Å². The second kappa shape index (κ2) is 6.37. The lowest BCUT2D eigenvalue weighted by Crippen LogP contribution is -2.38. The van der Waals surface area contributed by atoms with Gasteiger partial charge >= 0.3 is 0 Å². The van der Waals surface area contributed by atoms with E-state index in [1.807, 2.05) is 30.4 Å². The quantitative estimate of drug-likeness (QED) is 0.599. The third kappa shape index (κ3) is 2.75. The molecule has 2 aromatic heterocycles. The molecular formula is C19H13BrClFN4. The minimum Gasteiger partial charge on any atom is -0.383 e. The summed E-state index contributed by atoms with van der Waals surface area (Å²) in [7, 11) is 0. The summed E-state index contributed by atoms with van der Waals surface area (Å²) in [5, 5.41) is 3.80. The highest BCUT2D eigenvalue weighted by molar-refractivity contribution is 9.10. The number of fused-ring (bicyclic) bond motifs is 1. The van der Waals surface area contributed by atoms with Gasteiger partial charge in [-0.05, 0) is 58.4 Å². The number of halogens is 3. The number of aromatic nitrogens is 2. The number of pyridine rings is 2. The van der Waals surface area contributed by atoms with Crippen LogP contribution < -0.4 is 11.1 Å². The van der Waals surface area contributed by atoms with Crippen LogP contribution >= 0.6 is 27.5 Å². The van der Waals surface area contributed by atoms with E-state index in [0.717, 1.165) is 5.56 Å². The molecule has 3 heterocycles. The monoisotopic (exact) mass is 430 g/mol. The predicted octanol–water partition coefficient (Wildman–Crippen LogP) is 5.00. The minimum absolute atomic E-state index is 0.355. The lowest BCUT2D eigenvalue weighted by Gasteiger charge is -2.36. The predicted molar refractivity (Wildman–Crippen MR) is 105 cm³/mol. The number of nitrogens with zero attached hydrogens (tertiary/aromatic N) is 2. The van der Waals surface area contributed by atoms with Gasteiger partial charge in [-0.3, -0.25) is 0 Å². The number of nitrogens with two attached hydrogens (primary N) is 1. The second-order valence-electron chi connectivity index (χ2n) is 5.92. The largest absolute Gasteiger partial charge is 0.383 e. The number of hydrogen-bond acceptors (Lipinski definition) is 4. The Morgan fingerprint density at radius 3 is 2.85 bits per heavy atom. The van der Waals surface area contributed by atoms with E-state index >= 15 is 0 Å². The van der Waals surface area contributed by atoms with Gasteiger partial charge in [0, 0.05) is 34.1 Å². The van der Waals surface area contributed by atoms with Crippen molar-refractivity contribution in [1.82, 2.24) is 9.97 Å². The molecule has 7 heteroatoms. The molecule has 4 nitrogen and oxygen atoms in total. The average molecular weight is 432 g/mol. The van der Waals surface area contributed by atoms with Crippen molar-refractivity contribution >= 4 is 45.2 Å². The SMILES string of the molecule is Nc1ncc(C2(c3cc(Cl)ccc3F)C=Cc3cccnc3N2)cc1Br. The molecule has 3 N–H and O–H groups in total. The van der Waals surface area contributed by atoms with E-state index in [0.29, 0.717) is 32.3 Å². The van der Waals surface area contributed by atoms with Gasteiger partial charge in [-0.25, -0.2) is 14.4 Å². The molecule has 1 aliphatic rings. The smallest absolute Gasteiger partial charge is 0.137 e. The maximum atomic E-state index is 14.8. The number of benzene rings is 1. The fraction of sp³-hybridized carbons (Fsp3) is 0.0526. The molecule has 26 heavy (non-hydrogen) atoms. The molecular weight excluding hydrogens is 419 g/mol. The number of nitrogens with one attached hydrogen (secondary N) is 1. The topological polar surface area (TPSA) is 63.8 Å². The lowest BCUT2D eigenvalue weighted by atomic mass is 9.80. The van der Waals surface area contributed by atoms with Crippen molar-refractivity contribution in [2.45, 2.75) is 5.54 Å². The molecule has 4 rings (SSSR count). The van der Waals surface area contributed by atoms with Crippen LogP contribution in [0.4, 0.5) is 16.0 Å². The Bertz CT molecular complexity index is 1040. The fourth-order valence-corrected chi connectivity index (χ4v) is 3.57. The molecule has 0 amide bonds. The molecule has 3 aromatic rings. The zero-order chi connectivity index (χ0) is 18.3. The van der Waals surface area contributed by atoms with Crippen molar-refractivity contribution in [3.05, 3.63) is 86.9 Å². The van der Waals surface area contributed by atoms with E-state index in [1.165, 1.54) is 12.1 Å². The molecule has 0 bridgehead atoms. The molecule has 0 saturated heterocycles.